The van der Waals surface area contributed by atoms with Crippen LogP contribution >= 0.6 is 0 Å². The summed E-state index contributed by atoms with van der Waals surface area (Å²) >= 11 is 0. The van der Waals surface area contributed by atoms with Gasteiger partial charge in [0.25, 0.3) is 0 Å². The fourth-order valence-corrected chi connectivity index (χ4v) is 1.24. The van der Waals surface area contributed by atoms with Crippen LogP contribution in [0.5, 0.6) is 0 Å². The van der Waals surface area contributed by atoms with E-state index in [-0.39, 0.29) is 0 Å². The molecule has 0 aromatic carbocycles. The lowest BCUT2D eigenvalue weighted by molar-refractivity contribution is 0.701. The van der Waals surface area contributed by atoms with E-state index in [9.17, 15) is 0 Å². The number of nitrogens with zero attached hydrogens (tertiary/aromatic N) is 1. The second kappa shape index (κ2) is 4.23. The van der Waals surface area contributed by atoms with Crippen LogP contribution in [-0.2, 0) is 0 Å². The smallest absolute Gasteiger partial charge is 0.0527 e. The molecular formula is C10H15N3. The molecule has 0 bridgehead atoms. The lowest BCUT2D eigenvalue weighted by atomic mass is 10.4. The van der Waals surface area contributed by atoms with Crippen molar-refractivity contribution < 1.29 is 0 Å². The molecule has 2 rings (SSSR count). The number of hydrogen-bond acceptors (Lipinski definition) is 3. The quantitative estimate of drug-likeness (QED) is 0.664. The van der Waals surface area contributed by atoms with Crippen LogP contribution in [-0.4, -0.2) is 24.1 Å². The summed E-state index contributed by atoms with van der Waals surface area (Å²) in [4.78, 5) is 4.03. The minimum Gasteiger partial charge on any atom is -0.383 e. The van der Waals surface area contributed by atoms with Gasteiger partial charge in [0.2, 0.25) is 0 Å². The van der Waals surface area contributed by atoms with Crippen molar-refractivity contribution in [2.45, 2.75) is 18.9 Å². The summed E-state index contributed by atoms with van der Waals surface area (Å²) in [5.41, 5.74) is 1.10. The molecule has 3 nitrogen and oxygen atoms in total. The van der Waals surface area contributed by atoms with E-state index in [2.05, 4.69) is 15.6 Å². The van der Waals surface area contributed by atoms with E-state index in [1.165, 1.54) is 12.8 Å². The molecule has 3 heteroatoms. The molecule has 2 N–H and O–H groups in total. The van der Waals surface area contributed by atoms with E-state index in [1.807, 2.05) is 18.3 Å². The lowest BCUT2D eigenvalue weighted by Crippen LogP contribution is -2.23. The van der Waals surface area contributed by atoms with Crippen molar-refractivity contribution in [3.8, 4) is 0 Å². The summed E-state index contributed by atoms with van der Waals surface area (Å²) in [7, 11) is 0. The minimum absolute atomic E-state index is 0.802. The number of aromatic nitrogens is 1. The Labute approximate surface area is 78.6 Å². The molecule has 0 saturated heterocycles. The average molecular weight is 177 g/mol. The molecule has 0 unspecified atom stereocenters. The second-order valence-corrected chi connectivity index (χ2v) is 3.40. The third kappa shape index (κ3) is 3.03. The molecule has 13 heavy (non-hydrogen) atoms. The average Bonchev–Trinajstić information content (AvgIpc) is 2.98. The lowest BCUT2D eigenvalue weighted by Gasteiger charge is -2.05. The van der Waals surface area contributed by atoms with Crippen LogP contribution < -0.4 is 10.6 Å². The third-order valence-corrected chi connectivity index (χ3v) is 2.13. The minimum atomic E-state index is 0.802. The molecule has 0 aliphatic heterocycles. The Bertz CT molecular complexity index is 244. The maximum absolute atomic E-state index is 4.03. The van der Waals surface area contributed by atoms with Crippen LogP contribution in [0.25, 0.3) is 0 Å². The number of hydrogen-bond donors (Lipinski definition) is 2. The van der Waals surface area contributed by atoms with Gasteiger partial charge in [-0.3, -0.25) is 4.98 Å². The predicted molar refractivity (Wildman–Crippen MR) is 53.8 cm³/mol. The molecule has 70 valence electrons. The first kappa shape index (κ1) is 8.51. The van der Waals surface area contributed by atoms with Crippen LogP contribution in [0, 0.1) is 0 Å². The largest absolute Gasteiger partial charge is 0.383 e. The zero-order valence-corrected chi connectivity index (χ0v) is 7.66. The normalized spacial score (nSPS) is 15.7. The van der Waals surface area contributed by atoms with Gasteiger partial charge in [-0.15, -0.1) is 0 Å². The van der Waals surface area contributed by atoms with Crippen molar-refractivity contribution in [2.24, 2.45) is 0 Å². The summed E-state index contributed by atoms with van der Waals surface area (Å²) in [6, 6.07) is 4.77. The Morgan fingerprint density at radius 3 is 3.00 bits per heavy atom. The molecule has 1 saturated carbocycles. The SMILES string of the molecule is c1cncc(NCCNC2CC2)c1. The van der Waals surface area contributed by atoms with Crippen molar-refractivity contribution in [3.63, 3.8) is 0 Å². The molecule has 1 aliphatic carbocycles. The van der Waals surface area contributed by atoms with Crippen molar-refractivity contribution in [1.82, 2.24) is 10.3 Å². The van der Waals surface area contributed by atoms with Gasteiger partial charge in [0.1, 0.15) is 0 Å². The number of nitrogens with one attached hydrogen (secondary N) is 2. The summed E-state index contributed by atoms with van der Waals surface area (Å²) < 4.78 is 0. The van der Waals surface area contributed by atoms with Gasteiger partial charge >= 0.3 is 0 Å². The van der Waals surface area contributed by atoms with E-state index in [4.69, 9.17) is 0 Å². The molecule has 0 amide bonds. The third-order valence-electron chi connectivity index (χ3n) is 2.13. The molecule has 1 fully saturated rings. The summed E-state index contributed by atoms with van der Waals surface area (Å²) in [6.45, 7) is 2.02. The predicted octanol–water partition coefficient (Wildman–Crippen LogP) is 1.25. The second-order valence-electron chi connectivity index (χ2n) is 3.40. The maximum atomic E-state index is 4.03. The van der Waals surface area contributed by atoms with E-state index >= 15 is 0 Å². The van der Waals surface area contributed by atoms with Gasteiger partial charge in [-0.2, -0.15) is 0 Å². The van der Waals surface area contributed by atoms with Crippen molar-refractivity contribution in [3.05, 3.63) is 24.5 Å². The maximum Gasteiger partial charge on any atom is 0.0527 e. The molecule has 0 spiro atoms. The summed E-state index contributed by atoms with van der Waals surface area (Å²) in [5.74, 6) is 0. The molecule has 1 aliphatic rings. The van der Waals surface area contributed by atoms with Gasteiger partial charge in [-0.25, -0.2) is 0 Å². The van der Waals surface area contributed by atoms with Gasteiger partial charge in [0.15, 0.2) is 0 Å². The van der Waals surface area contributed by atoms with Crippen LogP contribution in [0.3, 0.4) is 0 Å². The fraction of sp³-hybridized carbons (Fsp3) is 0.500. The zero-order valence-electron chi connectivity index (χ0n) is 7.66. The van der Waals surface area contributed by atoms with Gasteiger partial charge in [-0.05, 0) is 25.0 Å². The van der Waals surface area contributed by atoms with Crippen LogP contribution in [0.15, 0.2) is 24.5 Å². The molecule has 1 heterocycles. The highest BCUT2D eigenvalue weighted by atomic mass is 15.0. The fourth-order valence-electron chi connectivity index (χ4n) is 1.24. The molecular weight excluding hydrogens is 162 g/mol. The highest BCUT2D eigenvalue weighted by molar-refractivity contribution is 5.39. The topological polar surface area (TPSA) is 37.0 Å². The molecule has 0 atom stereocenters. The van der Waals surface area contributed by atoms with Crippen LogP contribution in [0.1, 0.15) is 12.8 Å². The first-order valence-electron chi connectivity index (χ1n) is 4.82. The van der Waals surface area contributed by atoms with Crippen LogP contribution in [0.4, 0.5) is 5.69 Å². The van der Waals surface area contributed by atoms with Gasteiger partial charge < -0.3 is 10.6 Å². The Balaban J connectivity index is 1.61. The Kier molecular flexibility index (Phi) is 2.77. The summed E-state index contributed by atoms with van der Waals surface area (Å²) in [5, 5.41) is 6.75. The number of pyridine rings is 1. The Hall–Kier alpha value is -1.09. The van der Waals surface area contributed by atoms with Crippen LogP contribution in [0.2, 0.25) is 0 Å². The van der Waals surface area contributed by atoms with Gasteiger partial charge in [0, 0.05) is 31.5 Å². The standard InChI is InChI=1S/C10H15N3/c1-2-10(8-11-5-1)13-7-6-12-9-3-4-9/h1-2,5,8-9,12-13H,3-4,6-7H2. The first-order chi connectivity index (χ1) is 6.45. The monoisotopic (exact) mass is 177 g/mol. The molecule has 1 aromatic rings. The van der Waals surface area contributed by atoms with Gasteiger partial charge in [0.05, 0.1) is 5.69 Å². The highest BCUT2D eigenvalue weighted by Gasteiger charge is 2.19. The van der Waals surface area contributed by atoms with E-state index in [0.717, 1.165) is 24.8 Å². The van der Waals surface area contributed by atoms with Crippen molar-refractivity contribution in [2.75, 3.05) is 18.4 Å². The number of rotatable bonds is 5. The van der Waals surface area contributed by atoms with Gasteiger partial charge in [-0.1, -0.05) is 0 Å². The zero-order chi connectivity index (χ0) is 8.93. The molecule has 0 radical (unpaired) electrons. The number of anilines is 1. The Morgan fingerprint density at radius 1 is 1.38 bits per heavy atom. The summed E-state index contributed by atoms with van der Waals surface area (Å²) in [6.07, 6.45) is 6.34. The van der Waals surface area contributed by atoms with E-state index in [1.54, 1.807) is 6.20 Å². The van der Waals surface area contributed by atoms with E-state index < -0.39 is 0 Å². The highest BCUT2D eigenvalue weighted by Crippen LogP contribution is 2.17. The van der Waals surface area contributed by atoms with Crippen molar-refractivity contribution in [1.29, 1.82) is 0 Å². The van der Waals surface area contributed by atoms with Crippen molar-refractivity contribution >= 4 is 5.69 Å². The Morgan fingerprint density at radius 2 is 2.31 bits per heavy atom. The molecule has 1 aromatic heterocycles. The van der Waals surface area contributed by atoms with E-state index in [0.29, 0.717) is 0 Å². The first-order valence-corrected chi connectivity index (χ1v) is 4.82.